The molecule has 2 aromatic rings. The standard InChI is InChI=1S/C26H36N4O3.H2O/c1-5-29(6-2)17-10-18-30(24(32)22-13-15-23(16-14-22)28-20(3)31)26(4,25(27)33)19-21-11-8-7-9-12-21;/h7-9,11-16H,5-6,10,17-19H2,1-4H3,(H2,27,33)(H,28,31);1H2. The van der Waals surface area contributed by atoms with Crippen LogP contribution in [0.2, 0.25) is 0 Å². The van der Waals surface area contributed by atoms with Crippen LogP contribution in [-0.2, 0) is 16.0 Å². The molecule has 3 amide bonds. The summed E-state index contributed by atoms with van der Waals surface area (Å²) < 4.78 is 0. The molecule has 0 aliphatic carbocycles. The van der Waals surface area contributed by atoms with Gasteiger partial charge in [-0.3, -0.25) is 14.4 Å². The second-order valence-corrected chi connectivity index (χ2v) is 8.40. The van der Waals surface area contributed by atoms with Gasteiger partial charge in [-0.1, -0.05) is 44.2 Å². The van der Waals surface area contributed by atoms with Gasteiger partial charge in [-0.25, -0.2) is 0 Å². The van der Waals surface area contributed by atoms with Crippen molar-refractivity contribution in [2.75, 3.05) is 31.5 Å². The summed E-state index contributed by atoms with van der Waals surface area (Å²) in [6, 6.07) is 16.3. The van der Waals surface area contributed by atoms with Gasteiger partial charge >= 0.3 is 0 Å². The maximum absolute atomic E-state index is 13.7. The first-order valence-electron chi connectivity index (χ1n) is 11.5. The normalized spacial score (nSPS) is 12.4. The van der Waals surface area contributed by atoms with Crippen molar-refractivity contribution in [1.29, 1.82) is 0 Å². The molecular weight excluding hydrogens is 432 g/mol. The first-order valence-corrected chi connectivity index (χ1v) is 11.5. The molecule has 2 aromatic carbocycles. The van der Waals surface area contributed by atoms with E-state index in [9.17, 15) is 14.4 Å². The van der Waals surface area contributed by atoms with E-state index in [1.165, 1.54) is 6.92 Å². The summed E-state index contributed by atoms with van der Waals surface area (Å²) in [7, 11) is 0. The van der Waals surface area contributed by atoms with Crippen LogP contribution in [0.15, 0.2) is 54.6 Å². The Bertz CT molecular complexity index is 930. The molecule has 0 heterocycles. The maximum atomic E-state index is 13.7. The lowest BCUT2D eigenvalue weighted by molar-refractivity contribution is -0.128. The molecule has 0 radical (unpaired) electrons. The minimum atomic E-state index is -1.20. The Morgan fingerprint density at radius 2 is 1.53 bits per heavy atom. The average molecular weight is 471 g/mol. The van der Waals surface area contributed by atoms with Crippen LogP contribution in [0.4, 0.5) is 5.69 Å². The van der Waals surface area contributed by atoms with Gasteiger partial charge in [-0.15, -0.1) is 0 Å². The Balaban J connectivity index is 0.00000578. The van der Waals surface area contributed by atoms with Crippen LogP contribution >= 0.6 is 0 Å². The minimum Gasteiger partial charge on any atom is -0.412 e. The fraction of sp³-hybridized carbons (Fsp3) is 0.423. The number of carbonyl (C=O) groups excluding carboxylic acids is 3. The lowest BCUT2D eigenvalue weighted by atomic mass is 9.89. The van der Waals surface area contributed by atoms with E-state index in [2.05, 4.69) is 24.1 Å². The third-order valence-electron chi connectivity index (χ3n) is 5.97. The number of hydrogen-bond acceptors (Lipinski definition) is 4. The highest BCUT2D eigenvalue weighted by molar-refractivity contribution is 5.99. The molecule has 0 spiro atoms. The zero-order valence-electron chi connectivity index (χ0n) is 20.6. The Morgan fingerprint density at radius 3 is 2.03 bits per heavy atom. The predicted molar refractivity (Wildman–Crippen MR) is 136 cm³/mol. The first kappa shape index (κ1) is 28.8. The van der Waals surface area contributed by atoms with Gasteiger partial charge in [0.1, 0.15) is 5.54 Å². The van der Waals surface area contributed by atoms with Crippen molar-refractivity contribution in [1.82, 2.24) is 9.80 Å². The van der Waals surface area contributed by atoms with E-state index < -0.39 is 11.4 Å². The van der Waals surface area contributed by atoms with E-state index in [0.29, 0.717) is 24.2 Å². The Morgan fingerprint density at radius 1 is 0.941 bits per heavy atom. The highest BCUT2D eigenvalue weighted by atomic mass is 16.2. The third-order valence-corrected chi connectivity index (χ3v) is 5.97. The zero-order valence-corrected chi connectivity index (χ0v) is 20.6. The number of benzene rings is 2. The smallest absolute Gasteiger partial charge is 0.254 e. The highest BCUT2D eigenvalue weighted by Gasteiger charge is 2.41. The first-order chi connectivity index (χ1) is 15.7. The number of hydrogen-bond donors (Lipinski definition) is 2. The number of rotatable bonds is 12. The van der Waals surface area contributed by atoms with Gasteiger partial charge in [0.2, 0.25) is 11.8 Å². The molecule has 2 rings (SSSR count). The van der Waals surface area contributed by atoms with Crippen LogP contribution in [0.25, 0.3) is 0 Å². The molecular formula is C26H38N4O4. The fourth-order valence-electron chi connectivity index (χ4n) is 3.93. The summed E-state index contributed by atoms with van der Waals surface area (Å²) in [5.74, 6) is -0.991. The molecule has 0 saturated heterocycles. The summed E-state index contributed by atoms with van der Waals surface area (Å²) in [6.45, 7) is 10.4. The molecule has 34 heavy (non-hydrogen) atoms. The molecule has 8 nitrogen and oxygen atoms in total. The molecule has 186 valence electrons. The Kier molecular flexibility index (Phi) is 11.4. The Hall–Kier alpha value is -3.23. The van der Waals surface area contributed by atoms with Crippen molar-refractivity contribution in [2.24, 2.45) is 5.73 Å². The van der Waals surface area contributed by atoms with Gasteiger partial charge in [0.25, 0.3) is 5.91 Å². The van der Waals surface area contributed by atoms with Gasteiger partial charge in [0, 0.05) is 31.1 Å². The van der Waals surface area contributed by atoms with Gasteiger partial charge in [-0.2, -0.15) is 0 Å². The third kappa shape index (κ3) is 7.67. The van der Waals surface area contributed by atoms with Crippen molar-refractivity contribution in [3.8, 4) is 0 Å². The monoisotopic (exact) mass is 470 g/mol. The van der Waals surface area contributed by atoms with Crippen LogP contribution in [0, 0.1) is 0 Å². The van der Waals surface area contributed by atoms with E-state index >= 15 is 0 Å². The van der Waals surface area contributed by atoms with Crippen LogP contribution < -0.4 is 11.1 Å². The van der Waals surface area contributed by atoms with E-state index in [-0.39, 0.29) is 17.3 Å². The largest absolute Gasteiger partial charge is 0.412 e. The molecule has 0 aliphatic heterocycles. The minimum absolute atomic E-state index is 0. The topological polar surface area (TPSA) is 127 Å². The molecule has 0 aromatic heterocycles. The molecule has 0 bridgehead atoms. The van der Waals surface area contributed by atoms with Gasteiger partial charge < -0.3 is 26.3 Å². The summed E-state index contributed by atoms with van der Waals surface area (Å²) in [6.07, 6.45) is 1.04. The molecule has 1 unspecified atom stereocenters. The van der Waals surface area contributed by atoms with Crippen LogP contribution in [0.3, 0.4) is 0 Å². The predicted octanol–water partition coefficient (Wildman–Crippen LogP) is 2.48. The zero-order chi connectivity index (χ0) is 24.4. The van der Waals surface area contributed by atoms with Crippen molar-refractivity contribution in [3.05, 3.63) is 65.7 Å². The maximum Gasteiger partial charge on any atom is 0.254 e. The second-order valence-electron chi connectivity index (χ2n) is 8.40. The van der Waals surface area contributed by atoms with E-state index in [0.717, 1.165) is 31.6 Å². The van der Waals surface area contributed by atoms with Crippen molar-refractivity contribution in [2.45, 2.75) is 46.1 Å². The van der Waals surface area contributed by atoms with Crippen LogP contribution in [0.1, 0.15) is 50.0 Å². The van der Waals surface area contributed by atoms with Crippen molar-refractivity contribution >= 4 is 23.4 Å². The number of nitrogens with zero attached hydrogens (tertiary/aromatic N) is 2. The quantitative estimate of drug-likeness (QED) is 0.494. The van der Waals surface area contributed by atoms with Crippen LogP contribution in [-0.4, -0.2) is 64.7 Å². The summed E-state index contributed by atoms with van der Waals surface area (Å²) in [4.78, 5) is 41.6. The molecule has 0 aliphatic rings. The second kappa shape index (κ2) is 13.5. The summed E-state index contributed by atoms with van der Waals surface area (Å²) in [5, 5.41) is 2.70. The van der Waals surface area contributed by atoms with E-state index in [1.807, 2.05) is 30.3 Å². The van der Waals surface area contributed by atoms with Crippen molar-refractivity contribution in [3.63, 3.8) is 0 Å². The summed E-state index contributed by atoms with van der Waals surface area (Å²) >= 11 is 0. The average Bonchev–Trinajstić information content (AvgIpc) is 2.79. The molecule has 0 fully saturated rings. The number of amides is 3. The SMILES string of the molecule is CCN(CC)CCCN(C(=O)c1ccc(NC(C)=O)cc1)C(C)(Cc1ccccc1)C(N)=O.O. The van der Waals surface area contributed by atoms with E-state index in [4.69, 9.17) is 5.73 Å². The lowest BCUT2D eigenvalue weighted by Crippen LogP contribution is -2.59. The molecule has 1 atom stereocenters. The van der Waals surface area contributed by atoms with E-state index in [1.54, 1.807) is 36.1 Å². The lowest BCUT2D eigenvalue weighted by Gasteiger charge is -2.39. The van der Waals surface area contributed by atoms with Crippen LogP contribution in [0.5, 0.6) is 0 Å². The fourth-order valence-corrected chi connectivity index (χ4v) is 3.93. The molecule has 8 heteroatoms. The number of nitrogens with one attached hydrogen (secondary N) is 1. The number of primary amides is 1. The summed E-state index contributed by atoms with van der Waals surface area (Å²) in [5.41, 5.74) is 6.69. The van der Waals surface area contributed by atoms with Gasteiger partial charge in [-0.05, 0) is 62.8 Å². The highest BCUT2D eigenvalue weighted by Crippen LogP contribution is 2.25. The van der Waals surface area contributed by atoms with Gasteiger partial charge in [0.05, 0.1) is 0 Å². The number of nitrogens with two attached hydrogens (primary N) is 1. The number of carbonyl (C=O) groups is 3. The molecule has 5 N–H and O–H groups in total. The van der Waals surface area contributed by atoms with Crippen molar-refractivity contribution < 1.29 is 19.9 Å². The number of anilines is 1. The van der Waals surface area contributed by atoms with Gasteiger partial charge in [0.15, 0.2) is 0 Å². The molecule has 0 saturated carbocycles. The Labute approximate surface area is 202 Å².